The van der Waals surface area contributed by atoms with Crippen LogP contribution < -0.4 is 5.73 Å². The molecule has 0 radical (unpaired) electrons. The van der Waals surface area contributed by atoms with Gasteiger partial charge in [-0.3, -0.25) is 4.99 Å². The quantitative estimate of drug-likeness (QED) is 0.598. The minimum Gasteiger partial charge on any atom is -0.352 e. The molecule has 0 saturated carbocycles. The number of rotatable bonds is 6. The van der Waals surface area contributed by atoms with Gasteiger partial charge in [-0.25, -0.2) is 0 Å². The van der Waals surface area contributed by atoms with Gasteiger partial charge in [0.05, 0.1) is 0 Å². The Labute approximate surface area is 127 Å². The minimum atomic E-state index is -0.0573. The minimum absolute atomic E-state index is 0.0573. The standard InChI is InChI=1S/C14H27N3S2/c1-7-8-16-9-13(12(6)15)19-14(18)17(10(2)3)11(4)5/h8-12H,7,15H2,1-6H3/b13-9+,16-8?. The molecule has 0 aromatic heterocycles. The van der Waals surface area contributed by atoms with Crippen LogP contribution in [0.5, 0.6) is 0 Å². The number of hydrogen-bond acceptors (Lipinski definition) is 4. The molecule has 0 aromatic carbocycles. The predicted molar refractivity (Wildman–Crippen MR) is 92.8 cm³/mol. The maximum absolute atomic E-state index is 5.98. The van der Waals surface area contributed by atoms with Crippen molar-refractivity contribution in [2.45, 2.75) is 66.1 Å². The molecule has 0 amide bonds. The molecule has 0 aliphatic heterocycles. The molecule has 0 bridgehead atoms. The smallest absolute Gasteiger partial charge is 0.141 e. The van der Waals surface area contributed by atoms with Gasteiger partial charge in [0.1, 0.15) is 4.32 Å². The van der Waals surface area contributed by atoms with E-state index in [4.69, 9.17) is 18.0 Å². The first-order chi connectivity index (χ1) is 8.81. The second-order valence-corrected chi connectivity index (χ2v) is 6.73. The predicted octanol–water partition coefficient (Wildman–Crippen LogP) is 3.79. The van der Waals surface area contributed by atoms with Gasteiger partial charge in [0.15, 0.2) is 0 Å². The fourth-order valence-corrected chi connectivity index (χ4v) is 3.38. The normalized spacial score (nSPS) is 14.5. The largest absolute Gasteiger partial charge is 0.352 e. The highest BCUT2D eigenvalue weighted by molar-refractivity contribution is 8.25. The second kappa shape index (κ2) is 9.50. The van der Waals surface area contributed by atoms with Crippen molar-refractivity contribution in [1.29, 1.82) is 0 Å². The van der Waals surface area contributed by atoms with Gasteiger partial charge in [0.2, 0.25) is 0 Å². The monoisotopic (exact) mass is 301 g/mol. The number of thiocarbonyl (C=S) groups is 1. The van der Waals surface area contributed by atoms with Crippen molar-refractivity contribution < 1.29 is 0 Å². The van der Waals surface area contributed by atoms with E-state index in [1.165, 1.54) is 0 Å². The van der Waals surface area contributed by atoms with Gasteiger partial charge in [-0.1, -0.05) is 30.9 Å². The van der Waals surface area contributed by atoms with Gasteiger partial charge >= 0.3 is 0 Å². The van der Waals surface area contributed by atoms with Crippen molar-refractivity contribution in [3.63, 3.8) is 0 Å². The van der Waals surface area contributed by atoms with Crippen LogP contribution in [0.2, 0.25) is 0 Å². The summed E-state index contributed by atoms with van der Waals surface area (Å²) >= 11 is 7.09. The van der Waals surface area contributed by atoms with E-state index in [0.29, 0.717) is 12.1 Å². The fraction of sp³-hybridized carbons (Fsp3) is 0.714. The molecule has 0 aromatic rings. The zero-order valence-corrected chi connectivity index (χ0v) is 14.5. The van der Waals surface area contributed by atoms with Crippen molar-refractivity contribution in [3.8, 4) is 0 Å². The summed E-state index contributed by atoms with van der Waals surface area (Å²) in [6, 6.07) is 0.708. The third kappa shape index (κ3) is 7.09. The number of thioether (sulfide) groups is 1. The van der Waals surface area contributed by atoms with E-state index in [9.17, 15) is 0 Å². The van der Waals surface area contributed by atoms with Crippen molar-refractivity contribution in [2.75, 3.05) is 0 Å². The van der Waals surface area contributed by atoms with E-state index in [0.717, 1.165) is 15.6 Å². The first kappa shape index (κ1) is 18.6. The summed E-state index contributed by atoms with van der Waals surface area (Å²) in [5.41, 5.74) is 5.98. The molecule has 1 atom stereocenters. The number of nitrogens with two attached hydrogens (primary N) is 1. The van der Waals surface area contributed by atoms with Crippen LogP contribution >= 0.6 is 24.0 Å². The molecule has 110 valence electrons. The van der Waals surface area contributed by atoms with Gasteiger partial charge in [-0.15, -0.1) is 0 Å². The molecule has 1 unspecified atom stereocenters. The van der Waals surface area contributed by atoms with Crippen molar-refractivity contribution in [3.05, 3.63) is 11.1 Å². The van der Waals surface area contributed by atoms with Crippen LogP contribution in [0, 0.1) is 0 Å². The van der Waals surface area contributed by atoms with E-state index in [1.54, 1.807) is 11.8 Å². The van der Waals surface area contributed by atoms with Crippen molar-refractivity contribution in [1.82, 2.24) is 4.90 Å². The fourth-order valence-electron chi connectivity index (χ4n) is 1.64. The molecule has 0 rings (SSSR count). The van der Waals surface area contributed by atoms with Crippen LogP contribution in [0.3, 0.4) is 0 Å². The number of aliphatic imine (C=N–C) groups is 1. The first-order valence-electron chi connectivity index (χ1n) is 6.78. The Kier molecular flexibility index (Phi) is 9.31. The summed E-state index contributed by atoms with van der Waals surface area (Å²) in [7, 11) is 0. The average molecular weight is 302 g/mol. The molecule has 0 spiro atoms. The van der Waals surface area contributed by atoms with Crippen molar-refractivity contribution in [2.24, 2.45) is 10.7 Å². The average Bonchev–Trinajstić information content (AvgIpc) is 2.26. The van der Waals surface area contributed by atoms with E-state index in [1.807, 2.05) is 19.3 Å². The number of hydrogen-bond donors (Lipinski definition) is 1. The molecule has 19 heavy (non-hydrogen) atoms. The molecule has 2 N–H and O–H groups in total. The van der Waals surface area contributed by atoms with E-state index >= 15 is 0 Å². The Morgan fingerprint density at radius 3 is 2.16 bits per heavy atom. The topological polar surface area (TPSA) is 41.6 Å². The Bertz CT molecular complexity index is 326. The van der Waals surface area contributed by atoms with Crippen LogP contribution in [-0.2, 0) is 0 Å². The molecule has 0 heterocycles. The highest BCUT2D eigenvalue weighted by Gasteiger charge is 2.19. The third-order valence-corrected chi connectivity index (χ3v) is 4.03. The first-order valence-corrected chi connectivity index (χ1v) is 8.01. The number of nitrogens with zero attached hydrogens (tertiary/aromatic N) is 2. The molecular formula is C14H27N3S2. The zero-order chi connectivity index (χ0) is 15.0. The van der Waals surface area contributed by atoms with E-state index in [-0.39, 0.29) is 6.04 Å². The zero-order valence-electron chi connectivity index (χ0n) is 12.9. The van der Waals surface area contributed by atoms with Crippen LogP contribution in [0.15, 0.2) is 16.1 Å². The highest BCUT2D eigenvalue weighted by Crippen LogP contribution is 2.25. The van der Waals surface area contributed by atoms with Gasteiger partial charge in [-0.2, -0.15) is 0 Å². The van der Waals surface area contributed by atoms with Gasteiger partial charge in [0.25, 0.3) is 0 Å². The van der Waals surface area contributed by atoms with Gasteiger partial charge < -0.3 is 10.6 Å². The van der Waals surface area contributed by atoms with E-state index < -0.39 is 0 Å². The summed E-state index contributed by atoms with van der Waals surface area (Å²) in [6.07, 6.45) is 4.61. The lowest BCUT2D eigenvalue weighted by Crippen LogP contribution is -2.40. The Hall–Kier alpha value is -0.390. The molecule has 5 heteroatoms. The molecule has 3 nitrogen and oxygen atoms in total. The molecular weight excluding hydrogens is 274 g/mol. The van der Waals surface area contributed by atoms with Gasteiger partial charge in [0, 0.05) is 35.4 Å². The lowest BCUT2D eigenvalue weighted by molar-refractivity contribution is 0.303. The Balaban J connectivity index is 4.89. The van der Waals surface area contributed by atoms with Crippen molar-refractivity contribution >= 4 is 34.5 Å². The summed E-state index contributed by atoms with van der Waals surface area (Å²) in [5.74, 6) is 0. The lowest BCUT2D eigenvalue weighted by Gasteiger charge is -2.33. The SMILES string of the molecule is CCC=N/C=C(/SC(=S)N(C(C)C)C(C)C)C(C)N. The van der Waals surface area contributed by atoms with Gasteiger partial charge in [-0.05, 0) is 41.0 Å². The molecule has 0 fully saturated rings. The third-order valence-electron chi connectivity index (χ3n) is 2.47. The molecule has 0 aliphatic rings. The molecule has 0 aliphatic carbocycles. The maximum atomic E-state index is 5.98. The van der Waals surface area contributed by atoms with Crippen LogP contribution in [0.4, 0.5) is 0 Å². The van der Waals surface area contributed by atoms with Crippen LogP contribution in [0.1, 0.15) is 48.0 Å². The summed E-state index contributed by atoms with van der Waals surface area (Å²) < 4.78 is 0.861. The van der Waals surface area contributed by atoms with Crippen LogP contribution in [-0.4, -0.2) is 33.6 Å². The highest BCUT2D eigenvalue weighted by atomic mass is 32.2. The second-order valence-electron chi connectivity index (χ2n) is 5.02. The Morgan fingerprint density at radius 2 is 1.79 bits per heavy atom. The Morgan fingerprint density at radius 1 is 1.26 bits per heavy atom. The maximum Gasteiger partial charge on any atom is 0.141 e. The van der Waals surface area contributed by atoms with Crippen LogP contribution in [0.25, 0.3) is 0 Å². The summed E-state index contributed by atoms with van der Waals surface area (Å²) in [6.45, 7) is 12.6. The lowest BCUT2D eigenvalue weighted by atomic mass is 10.2. The van der Waals surface area contributed by atoms with E-state index in [2.05, 4.69) is 44.5 Å². The summed E-state index contributed by atoms with van der Waals surface area (Å²) in [4.78, 5) is 7.47. The summed E-state index contributed by atoms with van der Waals surface area (Å²) in [5, 5.41) is 0. The molecule has 0 saturated heterocycles.